The summed E-state index contributed by atoms with van der Waals surface area (Å²) in [5, 5.41) is 3.33. The highest BCUT2D eigenvalue weighted by molar-refractivity contribution is 14.0. The van der Waals surface area contributed by atoms with E-state index in [1.54, 1.807) is 0 Å². The summed E-state index contributed by atoms with van der Waals surface area (Å²) in [4.78, 5) is 23.0. The minimum Gasteiger partial charge on any atom is -0.469 e. The molecule has 0 radical (unpaired) electrons. The second-order valence-corrected chi connectivity index (χ2v) is 6.31. The lowest BCUT2D eigenvalue weighted by atomic mass is 9.99. The first kappa shape index (κ1) is 21.7. The van der Waals surface area contributed by atoms with Crippen molar-refractivity contribution in [2.24, 2.45) is 16.8 Å². The molecule has 0 saturated carbocycles. The number of likely N-dealkylation sites (tertiary alicyclic amines) is 1. The summed E-state index contributed by atoms with van der Waals surface area (Å²) in [5.74, 6) is 0.921. The lowest BCUT2D eigenvalue weighted by Crippen LogP contribution is -2.40. The molecule has 2 unspecified atom stereocenters. The van der Waals surface area contributed by atoms with Gasteiger partial charge in [0.1, 0.15) is 0 Å². The molecular weight excluding hydrogens is 431 g/mol. The van der Waals surface area contributed by atoms with E-state index in [9.17, 15) is 4.79 Å². The van der Waals surface area contributed by atoms with Crippen LogP contribution in [0.25, 0.3) is 0 Å². The Morgan fingerprint density at radius 3 is 2.80 bits per heavy atom. The summed E-state index contributed by atoms with van der Waals surface area (Å²) in [6.07, 6.45) is 2.76. The van der Waals surface area contributed by atoms with E-state index in [2.05, 4.69) is 35.1 Å². The molecule has 2 rings (SSSR count). The maximum Gasteiger partial charge on any atom is 0.310 e. The number of esters is 1. The van der Waals surface area contributed by atoms with E-state index in [0.717, 1.165) is 31.2 Å². The van der Waals surface area contributed by atoms with Gasteiger partial charge < -0.3 is 15.0 Å². The number of hydrogen-bond donors (Lipinski definition) is 1. The normalized spacial score (nSPS) is 20.2. The third kappa shape index (κ3) is 6.13. The fraction of sp³-hybridized carbons (Fsp3) is 0.611. The summed E-state index contributed by atoms with van der Waals surface area (Å²) in [6, 6.07) is 4.11. The minimum atomic E-state index is -0.133. The summed E-state index contributed by atoms with van der Waals surface area (Å²) in [7, 11) is 1.45. The molecule has 1 fully saturated rings. The molecular formula is C18H29IN4O2. The number of nitrogens with zero attached hydrogens (tertiary/aromatic N) is 3. The van der Waals surface area contributed by atoms with Crippen LogP contribution in [0.1, 0.15) is 25.1 Å². The van der Waals surface area contributed by atoms with Crippen molar-refractivity contribution >= 4 is 35.9 Å². The Kier molecular flexibility index (Phi) is 9.16. The van der Waals surface area contributed by atoms with Crippen molar-refractivity contribution < 1.29 is 9.53 Å². The predicted octanol–water partition coefficient (Wildman–Crippen LogP) is 2.26. The van der Waals surface area contributed by atoms with E-state index in [0.29, 0.717) is 13.1 Å². The molecule has 2 atom stereocenters. The Morgan fingerprint density at radius 2 is 2.20 bits per heavy atom. The van der Waals surface area contributed by atoms with E-state index in [1.165, 1.54) is 12.7 Å². The van der Waals surface area contributed by atoms with E-state index in [4.69, 9.17) is 9.73 Å². The van der Waals surface area contributed by atoms with Crippen molar-refractivity contribution in [2.45, 2.75) is 27.2 Å². The Labute approximate surface area is 167 Å². The number of aromatic nitrogens is 1. The first-order chi connectivity index (χ1) is 11.5. The summed E-state index contributed by atoms with van der Waals surface area (Å²) >= 11 is 0. The first-order valence-corrected chi connectivity index (χ1v) is 8.57. The molecule has 1 saturated heterocycles. The highest BCUT2D eigenvalue weighted by atomic mass is 127. The second kappa shape index (κ2) is 10.6. The fourth-order valence-electron chi connectivity index (χ4n) is 2.96. The van der Waals surface area contributed by atoms with Gasteiger partial charge in [-0.1, -0.05) is 13.0 Å². The van der Waals surface area contributed by atoms with Crippen molar-refractivity contribution in [3.63, 3.8) is 0 Å². The number of rotatable bonds is 5. The zero-order valence-electron chi connectivity index (χ0n) is 15.5. The standard InChI is InChI=1S/C18H28N4O2.HI/c1-5-19-18(20-9-8-15-7-6-14(3)21-10-15)22-11-13(2)16(12-22)17(23)24-4;/h6-7,10,13,16H,5,8-9,11-12H2,1-4H3,(H,19,20);1H. The van der Waals surface area contributed by atoms with Crippen LogP contribution in [0, 0.1) is 18.8 Å². The number of aryl methyl sites for hydroxylation is 1. The van der Waals surface area contributed by atoms with Crippen LogP contribution in [0.15, 0.2) is 23.3 Å². The number of pyridine rings is 1. The Bertz CT molecular complexity index is 577. The largest absolute Gasteiger partial charge is 0.469 e. The molecule has 1 aliphatic rings. The first-order valence-electron chi connectivity index (χ1n) is 8.57. The molecule has 140 valence electrons. The van der Waals surface area contributed by atoms with E-state index in [1.807, 2.05) is 19.2 Å². The van der Waals surface area contributed by atoms with Gasteiger partial charge in [0, 0.05) is 38.1 Å². The van der Waals surface area contributed by atoms with Gasteiger partial charge in [0.05, 0.1) is 13.0 Å². The molecule has 0 amide bonds. The van der Waals surface area contributed by atoms with Gasteiger partial charge in [-0.3, -0.25) is 14.8 Å². The van der Waals surface area contributed by atoms with Gasteiger partial charge in [-0.15, -0.1) is 24.0 Å². The Morgan fingerprint density at radius 1 is 1.44 bits per heavy atom. The second-order valence-electron chi connectivity index (χ2n) is 6.31. The third-order valence-corrected chi connectivity index (χ3v) is 4.39. The van der Waals surface area contributed by atoms with Crippen molar-refractivity contribution in [3.8, 4) is 0 Å². The molecule has 7 heteroatoms. The molecule has 6 nitrogen and oxygen atoms in total. The van der Waals surface area contributed by atoms with Crippen LogP contribution in [0.5, 0.6) is 0 Å². The van der Waals surface area contributed by atoms with Gasteiger partial charge in [0.25, 0.3) is 0 Å². The third-order valence-electron chi connectivity index (χ3n) is 4.39. The van der Waals surface area contributed by atoms with E-state index < -0.39 is 0 Å². The number of nitrogens with one attached hydrogen (secondary N) is 1. The quantitative estimate of drug-likeness (QED) is 0.316. The molecule has 1 aromatic rings. The zero-order valence-corrected chi connectivity index (χ0v) is 17.8. The lowest BCUT2D eigenvalue weighted by Gasteiger charge is -2.21. The average Bonchev–Trinajstić information content (AvgIpc) is 2.97. The highest BCUT2D eigenvalue weighted by Gasteiger charge is 2.36. The predicted molar refractivity (Wildman–Crippen MR) is 110 cm³/mol. The molecule has 1 aliphatic heterocycles. The van der Waals surface area contributed by atoms with Crippen LogP contribution in [-0.2, 0) is 16.0 Å². The van der Waals surface area contributed by atoms with Crippen LogP contribution < -0.4 is 5.32 Å². The van der Waals surface area contributed by atoms with Crippen LogP contribution >= 0.6 is 24.0 Å². The number of hydrogen-bond acceptors (Lipinski definition) is 4. The summed E-state index contributed by atoms with van der Waals surface area (Å²) in [5.41, 5.74) is 2.21. The topological polar surface area (TPSA) is 66.8 Å². The molecule has 1 N–H and O–H groups in total. The van der Waals surface area contributed by atoms with Crippen molar-refractivity contribution in [3.05, 3.63) is 29.6 Å². The summed E-state index contributed by atoms with van der Waals surface area (Å²) in [6.45, 7) is 9.10. The van der Waals surface area contributed by atoms with Crippen molar-refractivity contribution in [1.29, 1.82) is 0 Å². The van der Waals surface area contributed by atoms with Crippen LogP contribution in [-0.4, -0.2) is 55.1 Å². The molecule has 25 heavy (non-hydrogen) atoms. The average molecular weight is 460 g/mol. The van der Waals surface area contributed by atoms with Crippen LogP contribution in [0.3, 0.4) is 0 Å². The van der Waals surface area contributed by atoms with Crippen LogP contribution in [0.4, 0.5) is 0 Å². The monoisotopic (exact) mass is 460 g/mol. The van der Waals surface area contributed by atoms with Crippen molar-refractivity contribution in [1.82, 2.24) is 15.2 Å². The van der Waals surface area contributed by atoms with Crippen LogP contribution in [0.2, 0.25) is 0 Å². The molecule has 0 bridgehead atoms. The van der Waals surface area contributed by atoms with Gasteiger partial charge in [-0.2, -0.15) is 0 Å². The van der Waals surface area contributed by atoms with Gasteiger partial charge in [-0.05, 0) is 37.8 Å². The molecule has 0 aromatic carbocycles. The zero-order chi connectivity index (χ0) is 17.5. The molecule has 2 heterocycles. The maximum atomic E-state index is 11.9. The lowest BCUT2D eigenvalue weighted by molar-refractivity contribution is -0.145. The SMILES string of the molecule is CCNC(=NCCc1ccc(C)nc1)N1CC(C)C(C(=O)OC)C1.I. The number of halogens is 1. The summed E-state index contributed by atoms with van der Waals surface area (Å²) < 4.78 is 4.91. The molecule has 0 spiro atoms. The highest BCUT2D eigenvalue weighted by Crippen LogP contribution is 2.24. The van der Waals surface area contributed by atoms with Gasteiger partial charge in [-0.25, -0.2) is 0 Å². The fourth-order valence-corrected chi connectivity index (χ4v) is 2.96. The number of carbonyl (C=O) groups is 1. The Balaban J connectivity index is 0.00000312. The maximum absolute atomic E-state index is 11.9. The molecule has 0 aliphatic carbocycles. The smallest absolute Gasteiger partial charge is 0.310 e. The van der Waals surface area contributed by atoms with Gasteiger partial charge in [0.15, 0.2) is 5.96 Å². The number of guanidine groups is 1. The number of aliphatic imine (C=N–C) groups is 1. The van der Waals surface area contributed by atoms with Gasteiger partial charge >= 0.3 is 5.97 Å². The minimum absolute atomic E-state index is 0. The Hall–Kier alpha value is -1.38. The van der Waals surface area contributed by atoms with E-state index >= 15 is 0 Å². The van der Waals surface area contributed by atoms with Crippen molar-refractivity contribution in [2.75, 3.05) is 33.3 Å². The van der Waals surface area contributed by atoms with E-state index in [-0.39, 0.29) is 41.8 Å². The molecule has 1 aromatic heterocycles. The number of carbonyl (C=O) groups excluding carboxylic acids is 1. The number of ether oxygens (including phenoxy) is 1. The van der Waals surface area contributed by atoms with Gasteiger partial charge in [0.2, 0.25) is 0 Å². The number of methoxy groups -OCH3 is 1.